The number of aliphatic hydroxyl groups is 1. The van der Waals surface area contributed by atoms with Gasteiger partial charge in [0.1, 0.15) is 0 Å². The lowest BCUT2D eigenvalue weighted by Crippen LogP contribution is -2.06. The van der Waals surface area contributed by atoms with Crippen LogP contribution in [0.15, 0.2) is 22.8 Å². The molecule has 0 bridgehead atoms. The molecule has 0 aromatic rings. The molecule has 0 aromatic carbocycles. The standard InChI is InChI=1S/C12H20.C4H7NO/c1-5-11-7-9(3)10(4)8-12(11)6-2;5-3-1-2-4-6/h7,10H,5-6,8H2,1-4H3;6H,1-2,4H2. The summed E-state index contributed by atoms with van der Waals surface area (Å²) in [5.74, 6) is 0.773. The van der Waals surface area contributed by atoms with Crippen LogP contribution in [0.3, 0.4) is 0 Å². The first-order chi connectivity index (χ1) is 8.60. The highest BCUT2D eigenvalue weighted by Gasteiger charge is 2.14. The monoisotopic (exact) mass is 249 g/mol. The smallest absolute Gasteiger partial charge is 0.0622 e. The summed E-state index contributed by atoms with van der Waals surface area (Å²) >= 11 is 0. The van der Waals surface area contributed by atoms with Crippen LogP contribution in [0, 0.1) is 17.2 Å². The normalized spacial score (nSPS) is 18.7. The van der Waals surface area contributed by atoms with E-state index in [1.807, 2.05) is 6.07 Å². The number of unbranched alkanes of at least 4 members (excludes halogenated alkanes) is 1. The van der Waals surface area contributed by atoms with Crippen LogP contribution < -0.4 is 0 Å². The molecule has 1 aliphatic rings. The Morgan fingerprint density at radius 2 is 2.06 bits per heavy atom. The average molecular weight is 249 g/mol. The topological polar surface area (TPSA) is 44.0 Å². The summed E-state index contributed by atoms with van der Waals surface area (Å²) in [4.78, 5) is 0. The first kappa shape index (κ1) is 16.9. The van der Waals surface area contributed by atoms with Crippen molar-refractivity contribution in [1.82, 2.24) is 0 Å². The highest BCUT2D eigenvalue weighted by atomic mass is 16.2. The Morgan fingerprint density at radius 1 is 1.39 bits per heavy atom. The third-order valence-electron chi connectivity index (χ3n) is 3.44. The van der Waals surface area contributed by atoms with Crippen LogP contribution in [0.1, 0.15) is 59.8 Å². The van der Waals surface area contributed by atoms with Crippen LogP contribution in [-0.2, 0) is 0 Å². The third kappa shape index (κ3) is 6.02. The Morgan fingerprint density at radius 3 is 2.44 bits per heavy atom. The summed E-state index contributed by atoms with van der Waals surface area (Å²) in [5.41, 5.74) is 4.83. The Kier molecular flexibility index (Phi) is 9.32. The van der Waals surface area contributed by atoms with Crippen molar-refractivity contribution in [3.63, 3.8) is 0 Å². The fourth-order valence-corrected chi connectivity index (χ4v) is 2.06. The van der Waals surface area contributed by atoms with Gasteiger partial charge in [0.2, 0.25) is 0 Å². The van der Waals surface area contributed by atoms with Gasteiger partial charge >= 0.3 is 0 Å². The van der Waals surface area contributed by atoms with Crippen LogP contribution >= 0.6 is 0 Å². The predicted molar refractivity (Wildman–Crippen MR) is 77.1 cm³/mol. The van der Waals surface area contributed by atoms with E-state index in [0.29, 0.717) is 12.8 Å². The average Bonchev–Trinajstić information content (AvgIpc) is 2.39. The van der Waals surface area contributed by atoms with E-state index in [1.165, 1.54) is 19.3 Å². The minimum Gasteiger partial charge on any atom is -0.396 e. The maximum absolute atomic E-state index is 8.05. The van der Waals surface area contributed by atoms with Gasteiger partial charge in [-0.3, -0.25) is 0 Å². The lowest BCUT2D eigenvalue weighted by Gasteiger charge is -2.22. The van der Waals surface area contributed by atoms with E-state index >= 15 is 0 Å². The minimum absolute atomic E-state index is 0.133. The van der Waals surface area contributed by atoms with Crippen molar-refractivity contribution in [2.75, 3.05) is 6.61 Å². The minimum atomic E-state index is 0.133. The van der Waals surface area contributed by atoms with E-state index < -0.39 is 0 Å². The molecule has 2 nitrogen and oxygen atoms in total. The zero-order chi connectivity index (χ0) is 14.0. The molecule has 1 atom stereocenters. The van der Waals surface area contributed by atoms with Gasteiger partial charge in [0, 0.05) is 13.0 Å². The van der Waals surface area contributed by atoms with E-state index in [4.69, 9.17) is 10.4 Å². The second-order valence-corrected chi connectivity index (χ2v) is 4.81. The highest BCUT2D eigenvalue weighted by molar-refractivity contribution is 5.33. The Balaban J connectivity index is 0.000000411. The summed E-state index contributed by atoms with van der Waals surface area (Å²) in [6.07, 6.45) is 7.20. The molecule has 2 heteroatoms. The van der Waals surface area contributed by atoms with Crippen molar-refractivity contribution >= 4 is 0 Å². The third-order valence-corrected chi connectivity index (χ3v) is 3.44. The number of aliphatic hydroxyl groups excluding tert-OH is 1. The molecule has 0 saturated heterocycles. The summed E-state index contributed by atoms with van der Waals surface area (Å²) in [5, 5.41) is 15.9. The number of rotatable bonds is 4. The van der Waals surface area contributed by atoms with Gasteiger partial charge < -0.3 is 5.11 Å². The molecule has 0 heterocycles. The zero-order valence-electron chi connectivity index (χ0n) is 12.3. The maximum atomic E-state index is 8.05. The number of nitriles is 1. The summed E-state index contributed by atoms with van der Waals surface area (Å²) in [6, 6.07) is 1.91. The van der Waals surface area contributed by atoms with Crippen molar-refractivity contribution in [3.8, 4) is 6.07 Å². The van der Waals surface area contributed by atoms with Crippen molar-refractivity contribution in [1.29, 1.82) is 5.26 Å². The predicted octanol–water partition coefficient (Wildman–Crippen LogP) is 4.37. The first-order valence-corrected chi connectivity index (χ1v) is 6.97. The van der Waals surface area contributed by atoms with Gasteiger partial charge in [-0.1, -0.05) is 38.0 Å². The molecule has 0 aromatic heterocycles. The molecular weight excluding hydrogens is 222 g/mol. The molecule has 1 aliphatic carbocycles. The van der Waals surface area contributed by atoms with Crippen LogP contribution in [0.4, 0.5) is 0 Å². The molecule has 0 radical (unpaired) electrons. The lowest BCUT2D eigenvalue weighted by molar-refractivity contribution is 0.290. The van der Waals surface area contributed by atoms with E-state index in [0.717, 1.165) is 5.92 Å². The molecule has 1 rings (SSSR count). The number of nitrogens with zero attached hydrogens (tertiary/aromatic N) is 1. The second-order valence-electron chi connectivity index (χ2n) is 4.81. The second kappa shape index (κ2) is 9.91. The van der Waals surface area contributed by atoms with E-state index in [-0.39, 0.29) is 6.61 Å². The van der Waals surface area contributed by atoms with Gasteiger partial charge in [-0.25, -0.2) is 0 Å². The molecule has 0 aliphatic heterocycles. The number of allylic oxidation sites excluding steroid dienone is 4. The largest absolute Gasteiger partial charge is 0.396 e. The quantitative estimate of drug-likeness (QED) is 0.752. The zero-order valence-corrected chi connectivity index (χ0v) is 12.3. The van der Waals surface area contributed by atoms with Gasteiger partial charge in [-0.15, -0.1) is 0 Å². The number of hydrogen-bond donors (Lipinski definition) is 1. The molecule has 0 spiro atoms. The fourth-order valence-electron chi connectivity index (χ4n) is 2.06. The van der Waals surface area contributed by atoms with Crippen LogP contribution in [0.2, 0.25) is 0 Å². The van der Waals surface area contributed by atoms with Gasteiger partial charge in [-0.2, -0.15) is 5.26 Å². The Hall–Kier alpha value is -1.07. The van der Waals surface area contributed by atoms with Gasteiger partial charge in [-0.05, 0) is 44.1 Å². The molecule has 0 fully saturated rings. The molecule has 0 amide bonds. The Bertz CT molecular complexity index is 333. The molecule has 1 unspecified atom stereocenters. The van der Waals surface area contributed by atoms with E-state index in [1.54, 1.807) is 16.7 Å². The molecule has 0 saturated carbocycles. The van der Waals surface area contributed by atoms with E-state index in [2.05, 4.69) is 33.8 Å². The van der Waals surface area contributed by atoms with Crippen molar-refractivity contribution in [2.45, 2.75) is 59.8 Å². The Labute approximate surface area is 112 Å². The summed E-state index contributed by atoms with van der Waals surface area (Å²) in [7, 11) is 0. The molecule has 1 N–H and O–H groups in total. The van der Waals surface area contributed by atoms with Crippen molar-refractivity contribution in [2.24, 2.45) is 5.92 Å². The van der Waals surface area contributed by atoms with E-state index in [9.17, 15) is 0 Å². The maximum Gasteiger partial charge on any atom is 0.0622 e. The first-order valence-electron chi connectivity index (χ1n) is 6.97. The lowest BCUT2D eigenvalue weighted by atomic mass is 9.83. The SMILES string of the molecule is CCC1=C(CC)CC(C)C(C)=C1.N#CCCCO. The van der Waals surface area contributed by atoms with Crippen LogP contribution in [-0.4, -0.2) is 11.7 Å². The van der Waals surface area contributed by atoms with Gasteiger partial charge in [0.15, 0.2) is 0 Å². The molecular formula is C16H27NO. The fraction of sp³-hybridized carbons (Fsp3) is 0.688. The van der Waals surface area contributed by atoms with Crippen molar-refractivity contribution in [3.05, 3.63) is 22.8 Å². The van der Waals surface area contributed by atoms with Crippen LogP contribution in [0.5, 0.6) is 0 Å². The van der Waals surface area contributed by atoms with Crippen LogP contribution in [0.25, 0.3) is 0 Å². The van der Waals surface area contributed by atoms with Gasteiger partial charge in [0.25, 0.3) is 0 Å². The van der Waals surface area contributed by atoms with Gasteiger partial charge in [0.05, 0.1) is 6.07 Å². The van der Waals surface area contributed by atoms with Crippen molar-refractivity contribution < 1.29 is 5.11 Å². The number of hydrogen-bond acceptors (Lipinski definition) is 2. The molecule has 18 heavy (non-hydrogen) atoms. The summed E-state index contributed by atoms with van der Waals surface area (Å²) in [6.45, 7) is 9.24. The summed E-state index contributed by atoms with van der Waals surface area (Å²) < 4.78 is 0. The molecule has 102 valence electrons. The highest BCUT2D eigenvalue weighted by Crippen LogP contribution is 2.31.